The van der Waals surface area contributed by atoms with Crippen LogP contribution in [0.5, 0.6) is 5.88 Å². The van der Waals surface area contributed by atoms with Gasteiger partial charge in [0, 0.05) is 31.5 Å². The second-order valence-electron chi connectivity index (χ2n) is 6.73. The Hall–Kier alpha value is -1.89. The van der Waals surface area contributed by atoms with Crippen molar-refractivity contribution in [1.82, 2.24) is 20.2 Å². The predicted molar refractivity (Wildman–Crippen MR) is 86.3 cm³/mol. The highest BCUT2D eigenvalue weighted by Crippen LogP contribution is 2.18. The third-order valence-corrected chi connectivity index (χ3v) is 3.53. The highest BCUT2D eigenvalue weighted by Gasteiger charge is 2.25. The Morgan fingerprint density at radius 1 is 1.39 bits per heavy atom. The molecule has 1 N–H and O–H groups in total. The second kappa shape index (κ2) is 7.59. The first-order valence-electron chi connectivity index (χ1n) is 7.93. The summed E-state index contributed by atoms with van der Waals surface area (Å²) in [5.74, 6) is 0.551. The van der Waals surface area contributed by atoms with Gasteiger partial charge in [-0.15, -0.1) is 0 Å². The van der Waals surface area contributed by atoms with E-state index in [4.69, 9.17) is 9.47 Å². The Labute approximate surface area is 137 Å². The number of rotatable bonds is 4. The summed E-state index contributed by atoms with van der Waals surface area (Å²) in [7, 11) is 1.59. The van der Waals surface area contributed by atoms with Gasteiger partial charge < -0.3 is 14.8 Å². The van der Waals surface area contributed by atoms with Crippen LogP contribution in [0.4, 0.5) is 4.79 Å². The Morgan fingerprint density at radius 2 is 2.13 bits per heavy atom. The fourth-order valence-electron chi connectivity index (χ4n) is 2.64. The minimum atomic E-state index is -0.481. The van der Waals surface area contributed by atoms with E-state index in [1.54, 1.807) is 19.5 Å². The summed E-state index contributed by atoms with van der Waals surface area (Å²) in [6.07, 6.45) is 4.89. The van der Waals surface area contributed by atoms with Gasteiger partial charge in [-0.25, -0.2) is 9.78 Å². The van der Waals surface area contributed by atoms with Gasteiger partial charge >= 0.3 is 6.09 Å². The van der Waals surface area contributed by atoms with E-state index in [1.807, 2.05) is 20.8 Å². The minimum absolute atomic E-state index is 0.0845. The van der Waals surface area contributed by atoms with Gasteiger partial charge in [0.15, 0.2) is 0 Å². The maximum Gasteiger partial charge on any atom is 0.407 e. The Kier molecular flexibility index (Phi) is 5.76. The summed E-state index contributed by atoms with van der Waals surface area (Å²) in [4.78, 5) is 22.7. The lowest BCUT2D eigenvalue weighted by Gasteiger charge is -2.33. The van der Waals surface area contributed by atoms with E-state index in [0.29, 0.717) is 12.4 Å². The van der Waals surface area contributed by atoms with Crippen molar-refractivity contribution in [2.24, 2.45) is 0 Å². The molecule has 1 aliphatic heterocycles. The smallest absolute Gasteiger partial charge is 0.407 e. The fourth-order valence-corrected chi connectivity index (χ4v) is 2.64. The van der Waals surface area contributed by atoms with Crippen molar-refractivity contribution in [1.29, 1.82) is 0 Å². The largest absolute Gasteiger partial charge is 0.480 e. The van der Waals surface area contributed by atoms with Crippen molar-refractivity contribution in [3.63, 3.8) is 0 Å². The van der Waals surface area contributed by atoms with E-state index < -0.39 is 5.60 Å². The maximum atomic E-state index is 11.9. The molecule has 128 valence electrons. The van der Waals surface area contributed by atoms with E-state index >= 15 is 0 Å². The molecule has 1 amide bonds. The number of nitrogens with zero attached hydrogens (tertiary/aromatic N) is 3. The molecule has 0 radical (unpaired) electrons. The number of nitrogens with one attached hydrogen (secondary N) is 1. The molecular weight excluding hydrogens is 296 g/mol. The van der Waals surface area contributed by atoms with E-state index in [-0.39, 0.29) is 12.1 Å². The Morgan fingerprint density at radius 3 is 2.83 bits per heavy atom. The van der Waals surface area contributed by atoms with Crippen LogP contribution in [0.1, 0.15) is 39.3 Å². The van der Waals surface area contributed by atoms with Crippen molar-refractivity contribution in [2.45, 2.75) is 51.8 Å². The van der Waals surface area contributed by atoms with Crippen LogP contribution in [0.25, 0.3) is 0 Å². The molecule has 1 atom stereocenters. The molecule has 1 unspecified atom stereocenters. The van der Waals surface area contributed by atoms with Crippen LogP contribution in [0.2, 0.25) is 0 Å². The third kappa shape index (κ3) is 5.67. The van der Waals surface area contributed by atoms with Gasteiger partial charge in [0.25, 0.3) is 0 Å². The number of amides is 1. The molecule has 0 spiro atoms. The molecular formula is C16H26N4O3. The highest BCUT2D eigenvalue weighted by atomic mass is 16.6. The summed E-state index contributed by atoms with van der Waals surface area (Å²) in [5.41, 5.74) is 0.332. The molecule has 1 aliphatic rings. The second-order valence-corrected chi connectivity index (χ2v) is 6.73. The Bertz CT molecular complexity index is 530. The van der Waals surface area contributed by atoms with Crippen molar-refractivity contribution < 1.29 is 14.3 Å². The monoisotopic (exact) mass is 322 g/mol. The van der Waals surface area contributed by atoms with Gasteiger partial charge in [-0.3, -0.25) is 9.88 Å². The van der Waals surface area contributed by atoms with Gasteiger partial charge in [-0.05, 0) is 40.2 Å². The summed E-state index contributed by atoms with van der Waals surface area (Å²) in [6.45, 7) is 7.97. The normalized spacial score (nSPS) is 19.2. The number of carbonyl (C=O) groups is 1. The molecule has 1 fully saturated rings. The van der Waals surface area contributed by atoms with Gasteiger partial charge in [-0.1, -0.05) is 0 Å². The van der Waals surface area contributed by atoms with Gasteiger partial charge in [0.05, 0.1) is 7.11 Å². The lowest BCUT2D eigenvalue weighted by Crippen LogP contribution is -2.48. The first kappa shape index (κ1) is 17.5. The quantitative estimate of drug-likeness (QED) is 0.913. The number of ether oxygens (including phenoxy) is 2. The number of carbonyl (C=O) groups excluding carboxylic acids is 1. The third-order valence-electron chi connectivity index (χ3n) is 3.53. The molecule has 0 bridgehead atoms. The predicted octanol–water partition coefficient (Wildman–Crippen LogP) is 1.97. The van der Waals surface area contributed by atoms with Crippen molar-refractivity contribution >= 4 is 6.09 Å². The molecule has 1 aromatic rings. The summed E-state index contributed by atoms with van der Waals surface area (Å²) >= 11 is 0. The topological polar surface area (TPSA) is 76.6 Å². The number of likely N-dealkylation sites (tertiary alicyclic amines) is 1. The molecule has 7 nitrogen and oxygen atoms in total. The number of piperidine rings is 1. The molecule has 0 saturated carbocycles. The van der Waals surface area contributed by atoms with Crippen molar-refractivity contribution in [3.05, 3.63) is 18.1 Å². The molecule has 1 saturated heterocycles. The number of methoxy groups -OCH3 is 1. The molecule has 2 rings (SSSR count). The highest BCUT2D eigenvalue weighted by molar-refractivity contribution is 5.68. The maximum absolute atomic E-state index is 11.9. The minimum Gasteiger partial charge on any atom is -0.480 e. The molecule has 0 aromatic carbocycles. The molecule has 23 heavy (non-hydrogen) atoms. The summed E-state index contributed by atoms with van der Waals surface area (Å²) < 4.78 is 10.6. The van der Waals surface area contributed by atoms with Crippen LogP contribution in [-0.2, 0) is 11.3 Å². The SMILES string of the molecule is COc1nccnc1CN1CCCC(NC(=O)OC(C)(C)C)C1. The van der Waals surface area contributed by atoms with E-state index in [0.717, 1.165) is 31.6 Å². The molecule has 7 heteroatoms. The molecule has 1 aromatic heterocycles. The van der Waals surface area contributed by atoms with E-state index in [2.05, 4.69) is 20.2 Å². The number of alkyl carbamates (subject to hydrolysis) is 1. The van der Waals surface area contributed by atoms with Crippen LogP contribution in [0.3, 0.4) is 0 Å². The van der Waals surface area contributed by atoms with Gasteiger partial charge in [0.2, 0.25) is 5.88 Å². The van der Waals surface area contributed by atoms with Crippen LogP contribution < -0.4 is 10.1 Å². The standard InChI is InChI=1S/C16H26N4O3/c1-16(2,3)23-15(21)19-12-6-5-9-20(10-12)11-13-14(22-4)18-8-7-17-13/h7-8,12H,5-6,9-11H2,1-4H3,(H,19,21). The van der Waals surface area contributed by atoms with Gasteiger partial charge in [0.1, 0.15) is 11.3 Å². The number of hydrogen-bond donors (Lipinski definition) is 1. The lowest BCUT2D eigenvalue weighted by atomic mass is 10.1. The van der Waals surface area contributed by atoms with E-state index in [9.17, 15) is 4.79 Å². The average molecular weight is 322 g/mol. The first-order chi connectivity index (χ1) is 10.9. The van der Waals surface area contributed by atoms with Crippen molar-refractivity contribution in [2.75, 3.05) is 20.2 Å². The lowest BCUT2D eigenvalue weighted by molar-refractivity contribution is 0.0469. The average Bonchev–Trinajstić information content (AvgIpc) is 2.46. The zero-order valence-electron chi connectivity index (χ0n) is 14.3. The number of hydrogen-bond acceptors (Lipinski definition) is 6. The van der Waals surface area contributed by atoms with Crippen LogP contribution >= 0.6 is 0 Å². The summed E-state index contributed by atoms with van der Waals surface area (Å²) in [6, 6.07) is 0.0845. The zero-order chi connectivity index (χ0) is 16.9. The number of aromatic nitrogens is 2. The van der Waals surface area contributed by atoms with Crippen molar-refractivity contribution in [3.8, 4) is 5.88 Å². The van der Waals surface area contributed by atoms with Gasteiger partial charge in [-0.2, -0.15) is 0 Å². The first-order valence-corrected chi connectivity index (χ1v) is 7.93. The fraction of sp³-hybridized carbons (Fsp3) is 0.688. The summed E-state index contributed by atoms with van der Waals surface area (Å²) in [5, 5.41) is 2.95. The Balaban J connectivity index is 1.89. The zero-order valence-corrected chi connectivity index (χ0v) is 14.3. The van der Waals surface area contributed by atoms with Crippen LogP contribution in [0.15, 0.2) is 12.4 Å². The van der Waals surface area contributed by atoms with Crippen LogP contribution in [0, 0.1) is 0 Å². The van der Waals surface area contributed by atoms with E-state index in [1.165, 1.54) is 0 Å². The molecule has 2 heterocycles. The molecule has 0 aliphatic carbocycles. The van der Waals surface area contributed by atoms with Crippen LogP contribution in [-0.4, -0.2) is 52.8 Å².